The summed E-state index contributed by atoms with van der Waals surface area (Å²) in [6.45, 7) is 0.381. The molecular formula is C41H22O12. The molecule has 3 saturated carbocycles. The number of carboxylic acids is 4. The third-order valence-electron chi connectivity index (χ3n) is 17.7. The minimum Gasteiger partial charge on any atom is -0.480 e. The first-order valence-electron chi connectivity index (χ1n) is 18.0. The molecular weight excluding hydrogens is 684 g/mol. The van der Waals surface area contributed by atoms with Crippen LogP contribution in [0.4, 0.5) is 0 Å². The van der Waals surface area contributed by atoms with E-state index in [1.165, 1.54) is 0 Å². The molecule has 4 N–H and O–H groups in total. The van der Waals surface area contributed by atoms with Gasteiger partial charge in [0, 0.05) is 5.41 Å². The predicted octanol–water partition coefficient (Wildman–Crippen LogP) is 2.77. The highest BCUT2D eigenvalue weighted by molar-refractivity contribution is 6.21. The van der Waals surface area contributed by atoms with Crippen molar-refractivity contribution in [2.45, 2.75) is 76.8 Å². The Morgan fingerprint density at radius 3 is 2.13 bits per heavy atom. The maximum Gasteiger partial charge on any atom is 0.350 e. The Morgan fingerprint density at radius 2 is 1.43 bits per heavy atom. The minimum atomic E-state index is -2.23. The van der Waals surface area contributed by atoms with Crippen LogP contribution in [-0.4, -0.2) is 68.4 Å². The summed E-state index contributed by atoms with van der Waals surface area (Å²) in [5, 5.41) is 45.3. The van der Waals surface area contributed by atoms with E-state index in [4.69, 9.17) is 9.47 Å². The second-order valence-electron chi connectivity index (χ2n) is 17.6. The van der Waals surface area contributed by atoms with Crippen molar-refractivity contribution in [1.82, 2.24) is 0 Å². The lowest BCUT2D eigenvalue weighted by atomic mass is 9.64. The summed E-state index contributed by atoms with van der Waals surface area (Å²) in [4.78, 5) is 80.7. The Labute approximate surface area is 296 Å². The van der Waals surface area contributed by atoms with Crippen molar-refractivity contribution >= 4 is 42.9 Å². The zero-order valence-corrected chi connectivity index (χ0v) is 27.2. The monoisotopic (exact) mass is 706 g/mol. The van der Waals surface area contributed by atoms with Gasteiger partial charge >= 0.3 is 23.9 Å². The van der Waals surface area contributed by atoms with Gasteiger partial charge in [-0.15, -0.1) is 0 Å². The molecule has 0 aliphatic heterocycles. The molecule has 0 aromatic heterocycles. The van der Waals surface area contributed by atoms with E-state index in [0.29, 0.717) is 80.5 Å². The van der Waals surface area contributed by atoms with Crippen LogP contribution in [0, 0.1) is 10.8 Å². The molecule has 15 rings (SSSR count). The SMILES string of the molecule is O=COC1(C(=O)O)C2c3ccc4c5c3-c3c6c7c8c9c3C53C(OC=O)(C(=O)O)C35C(=C4)Cc3cc4c(c-9c35)C83C(CC4)(CC7CC621)C3(C(=O)O)C(=O)O. The number of carbonyl (C=O) groups excluding carboxylic acids is 2. The van der Waals surface area contributed by atoms with Crippen LogP contribution in [-0.2, 0) is 72.7 Å². The zero-order chi connectivity index (χ0) is 35.9. The van der Waals surface area contributed by atoms with E-state index in [-0.39, 0.29) is 25.8 Å². The van der Waals surface area contributed by atoms with Gasteiger partial charge < -0.3 is 29.9 Å². The van der Waals surface area contributed by atoms with Gasteiger partial charge in [-0.25, -0.2) is 9.59 Å². The quantitative estimate of drug-likeness (QED) is 0.197. The minimum absolute atomic E-state index is 0.178. The van der Waals surface area contributed by atoms with Crippen molar-refractivity contribution in [3.8, 4) is 22.3 Å². The van der Waals surface area contributed by atoms with E-state index >= 15 is 0 Å². The molecule has 4 spiro atoms. The summed E-state index contributed by atoms with van der Waals surface area (Å²) >= 11 is 0. The van der Waals surface area contributed by atoms with Gasteiger partial charge in [-0.1, -0.05) is 24.3 Å². The third kappa shape index (κ3) is 1.59. The van der Waals surface area contributed by atoms with Crippen molar-refractivity contribution in [2.75, 3.05) is 0 Å². The van der Waals surface area contributed by atoms with Gasteiger partial charge in [0.25, 0.3) is 12.9 Å². The fourth-order valence-electron chi connectivity index (χ4n) is 17.5. The van der Waals surface area contributed by atoms with Crippen LogP contribution in [0.15, 0.2) is 23.8 Å². The highest BCUT2D eigenvalue weighted by Crippen LogP contribution is 3.00. The van der Waals surface area contributed by atoms with Gasteiger partial charge in [0.1, 0.15) is 0 Å². The summed E-state index contributed by atoms with van der Waals surface area (Å²) < 4.78 is 11.9. The lowest BCUT2D eigenvalue weighted by Crippen LogP contribution is -2.37. The van der Waals surface area contributed by atoms with Crippen LogP contribution >= 0.6 is 0 Å². The predicted molar refractivity (Wildman–Crippen MR) is 172 cm³/mol. The summed E-state index contributed by atoms with van der Waals surface area (Å²) in [6, 6.07) is 5.77. The second-order valence-corrected chi connectivity index (χ2v) is 17.6. The molecule has 12 aliphatic rings. The van der Waals surface area contributed by atoms with Crippen molar-refractivity contribution in [2.24, 2.45) is 10.8 Å². The molecule has 0 amide bonds. The van der Waals surface area contributed by atoms with Crippen LogP contribution in [0.5, 0.6) is 0 Å². The molecule has 12 nitrogen and oxygen atoms in total. The van der Waals surface area contributed by atoms with E-state index in [0.717, 1.165) is 27.8 Å². The number of carbonyl (C=O) groups is 6. The molecule has 0 saturated heterocycles. The van der Waals surface area contributed by atoms with Gasteiger partial charge in [0.2, 0.25) is 11.2 Å². The molecule has 12 aliphatic carbocycles. The lowest BCUT2D eigenvalue weighted by molar-refractivity contribution is -0.162. The van der Waals surface area contributed by atoms with Crippen LogP contribution < -0.4 is 0 Å². The first-order valence-corrected chi connectivity index (χ1v) is 18.0. The number of hydrogen-bond donors (Lipinski definition) is 4. The molecule has 3 aromatic rings. The molecule has 53 heavy (non-hydrogen) atoms. The van der Waals surface area contributed by atoms with E-state index < -0.39 is 79.4 Å². The molecule has 258 valence electrons. The molecule has 3 fully saturated rings. The average Bonchev–Trinajstić information content (AvgIpc) is 3.80. The molecule has 12 heteroatoms. The number of aliphatic carboxylic acids is 4. The van der Waals surface area contributed by atoms with E-state index in [2.05, 4.69) is 0 Å². The fourth-order valence-corrected chi connectivity index (χ4v) is 17.5. The summed E-state index contributed by atoms with van der Waals surface area (Å²) in [5.41, 5.74) is -2.26. The number of fused-ring (bicyclic) bond motifs is 1. The topological polar surface area (TPSA) is 202 Å². The van der Waals surface area contributed by atoms with Crippen molar-refractivity contribution in [3.63, 3.8) is 0 Å². The zero-order valence-electron chi connectivity index (χ0n) is 27.2. The second kappa shape index (κ2) is 6.43. The van der Waals surface area contributed by atoms with Crippen LogP contribution in [0.3, 0.4) is 0 Å². The summed E-state index contributed by atoms with van der Waals surface area (Å²) in [7, 11) is 0. The first-order chi connectivity index (χ1) is 25.5. The highest BCUT2D eigenvalue weighted by atomic mass is 16.6. The summed E-state index contributed by atoms with van der Waals surface area (Å²) in [5.74, 6) is -6.77. The van der Waals surface area contributed by atoms with Crippen LogP contribution in [0.1, 0.15) is 92.3 Å². The van der Waals surface area contributed by atoms with Crippen LogP contribution in [0.2, 0.25) is 0 Å². The first kappa shape index (κ1) is 26.9. The molecule has 9 atom stereocenters. The molecule has 0 bridgehead atoms. The Morgan fingerprint density at radius 1 is 0.717 bits per heavy atom. The molecule has 0 radical (unpaired) electrons. The number of benzene rings is 3. The van der Waals surface area contributed by atoms with Gasteiger partial charge in [-0.3, -0.25) is 19.2 Å². The Balaban J connectivity index is 1.27. The third-order valence-corrected chi connectivity index (χ3v) is 17.7. The Kier molecular flexibility index (Phi) is 3.27. The molecule has 3 aromatic carbocycles. The number of aryl methyl sites for hydroxylation is 1. The fraction of sp³-hybridized carbons (Fsp3) is 0.366. The van der Waals surface area contributed by atoms with Gasteiger partial charge in [-0.05, 0) is 127 Å². The van der Waals surface area contributed by atoms with Crippen molar-refractivity contribution < 1.29 is 58.7 Å². The van der Waals surface area contributed by atoms with E-state index in [1.54, 1.807) is 0 Å². The maximum atomic E-state index is 14.2. The summed E-state index contributed by atoms with van der Waals surface area (Å²) in [6.07, 6.45) is 3.46. The average molecular weight is 707 g/mol. The molecule has 9 unspecified atom stereocenters. The van der Waals surface area contributed by atoms with E-state index in [9.17, 15) is 49.2 Å². The lowest BCUT2D eigenvalue weighted by Gasteiger charge is -2.37. The maximum absolute atomic E-state index is 14.2. The number of carboxylic acid groups (broad SMARTS) is 4. The normalized spacial score (nSPS) is 42.4. The number of ether oxygens (including phenoxy) is 2. The van der Waals surface area contributed by atoms with Crippen molar-refractivity contribution in [3.05, 3.63) is 85.0 Å². The number of rotatable bonds is 8. The largest absolute Gasteiger partial charge is 0.480 e. The number of hydrogen-bond acceptors (Lipinski definition) is 8. The highest BCUT2D eigenvalue weighted by Gasteiger charge is 3.05. The van der Waals surface area contributed by atoms with Gasteiger partial charge in [-0.2, -0.15) is 0 Å². The smallest absolute Gasteiger partial charge is 0.350 e. The Hall–Kier alpha value is -5.78. The van der Waals surface area contributed by atoms with Crippen LogP contribution in [0.25, 0.3) is 28.3 Å². The Bertz CT molecular complexity index is 2830. The standard InChI is InChI=1S/C41H22O12/c42-10-52-40(32(48)49)29-17-2-1-12-6-16-7-14-5-13-3-4-34-8-15-9-35(29,40)26-18(15)27-22-21(24(13)37(27,34)39(34,30(44)45)31(46)47)25(14)36(16)38(41(36,33(50)51)53-11-43)23(12)19(17)20(26)28(22)38/h1-2,5-6,10-11,15,29H,3-4,7-9H2,(H,44,45)(H,46,47)(H,48,49)(H,50,51). The molecule has 0 heterocycles. The van der Waals surface area contributed by atoms with Gasteiger partial charge in [0.15, 0.2) is 5.41 Å². The van der Waals surface area contributed by atoms with E-state index in [1.807, 2.05) is 24.3 Å². The van der Waals surface area contributed by atoms with Gasteiger partial charge in [0.05, 0.1) is 27.6 Å². The van der Waals surface area contributed by atoms with Crippen molar-refractivity contribution in [1.29, 1.82) is 0 Å².